The number of benzene rings is 1. The minimum absolute atomic E-state index is 0.211. The largest absolute Gasteiger partial charge is 0.415 e. The molecule has 2 aromatic heterocycles. The van der Waals surface area contributed by atoms with Crippen molar-refractivity contribution in [2.75, 3.05) is 6.26 Å². The number of alkyl halides is 2. The number of aromatic nitrogens is 3. The maximum Gasteiger partial charge on any atom is 0.388 e. The summed E-state index contributed by atoms with van der Waals surface area (Å²) in [5.74, 6) is -0.234. The second kappa shape index (κ2) is 5.82. The number of H-pyrrole nitrogens is 1. The molecule has 0 atom stereocenters. The van der Waals surface area contributed by atoms with E-state index in [9.17, 15) is 17.2 Å². The summed E-state index contributed by atoms with van der Waals surface area (Å²) in [7, 11) is -3.35. The van der Waals surface area contributed by atoms with Crippen LogP contribution in [0.2, 0.25) is 0 Å². The van der Waals surface area contributed by atoms with E-state index in [-0.39, 0.29) is 10.8 Å². The minimum atomic E-state index is -3.35. The van der Waals surface area contributed by atoms with Gasteiger partial charge in [0, 0.05) is 18.0 Å². The molecule has 0 saturated heterocycles. The maximum atomic E-state index is 12.5. The minimum Gasteiger partial charge on any atom is -0.415 e. The van der Waals surface area contributed by atoms with E-state index < -0.39 is 16.4 Å². The molecule has 0 fully saturated rings. The van der Waals surface area contributed by atoms with Crippen molar-refractivity contribution < 1.29 is 21.9 Å². The van der Waals surface area contributed by atoms with Gasteiger partial charge in [-0.3, -0.25) is 10.1 Å². The lowest BCUT2D eigenvalue weighted by molar-refractivity contribution is -0.0518. The Balaban J connectivity index is 2.19. The number of sulfone groups is 1. The van der Waals surface area contributed by atoms with Crippen LogP contribution in [0.5, 0.6) is 5.88 Å². The highest BCUT2D eigenvalue weighted by Gasteiger charge is 2.18. The Kier molecular flexibility index (Phi) is 3.96. The number of hydrogen-bond donors (Lipinski definition) is 1. The van der Waals surface area contributed by atoms with Gasteiger partial charge in [-0.25, -0.2) is 8.42 Å². The molecule has 3 rings (SSSR count). The van der Waals surface area contributed by atoms with Crippen LogP contribution in [0.3, 0.4) is 0 Å². The third-order valence-electron chi connectivity index (χ3n) is 3.52. The Morgan fingerprint density at radius 1 is 1.25 bits per heavy atom. The lowest BCUT2D eigenvalue weighted by Gasteiger charge is -2.09. The highest BCUT2D eigenvalue weighted by atomic mass is 32.2. The van der Waals surface area contributed by atoms with Gasteiger partial charge in [-0.1, -0.05) is 12.1 Å². The van der Waals surface area contributed by atoms with Crippen molar-refractivity contribution in [3.05, 3.63) is 36.2 Å². The fraction of sp³-hybridized carbons (Fsp3) is 0.200. The topological polar surface area (TPSA) is 84.9 Å². The monoisotopic (exact) mass is 353 g/mol. The molecule has 2 heterocycles. The number of pyridine rings is 1. The molecule has 0 saturated carbocycles. The van der Waals surface area contributed by atoms with Crippen molar-refractivity contribution in [2.45, 2.75) is 18.4 Å². The Morgan fingerprint density at radius 3 is 2.62 bits per heavy atom. The first-order valence-corrected chi connectivity index (χ1v) is 8.74. The van der Waals surface area contributed by atoms with Crippen LogP contribution in [-0.2, 0) is 9.84 Å². The van der Waals surface area contributed by atoms with Gasteiger partial charge in [0.1, 0.15) is 0 Å². The molecule has 0 aliphatic rings. The first-order chi connectivity index (χ1) is 11.3. The predicted octanol–water partition coefficient (Wildman–Crippen LogP) is 2.94. The van der Waals surface area contributed by atoms with Crippen LogP contribution in [0.25, 0.3) is 22.0 Å². The van der Waals surface area contributed by atoms with Crippen molar-refractivity contribution in [3.8, 4) is 17.0 Å². The Morgan fingerprint density at radius 2 is 2.00 bits per heavy atom. The van der Waals surface area contributed by atoms with Crippen LogP contribution in [0, 0.1) is 6.92 Å². The van der Waals surface area contributed by atoms with Gasteiger partial charge < -0.3 is 4.74 Å². The van der Waals surface area contributed by atoms with Gasteiger partial charge >= 0.3 is 6.61 Å². The molecule has 0 bridgehead atoms. The first-order valence-electron chi connectivity index (χ1n) is 6.85. The third kappa shape index (κ3) is 2.94. The lowest BCUT2D eigenvalue weighted by atomic mass is 10.0. The zero-order chi connectivity index (χ0) is 17.5. The van der Waals surface area contributed by atoms with Gasteiger partial charge in [-0.15, -0.1) is 5.10 Å². The number of nitrogens with one attached hydrogen (secondary N) is 1. The summed E-state index contributed by atoms with van der Waals surface area (Å²) >= 11 is 0. The molecule has 0 spiro atoms. The molecule has 0 radical (unpaired) electrons. The fourth-order valence-corrected chi connectivity index (χ4v) is 3.52. The first kappa shape index (κ1) is 16.3. The van der Waals surface area contributed by atoms with Crippen molar-refractivity contribution in [1.82, 2.24) is 15.2 Å². The van der Waals surface area contributed by atoms with Crippen molar-refractivity contribution >= 4 is 20.7 Å². The predicted molar refractivity (Wildman–Crippen MR) is 83.8 cm³/mol. The normalized spacial score (nSPS) is 12.0. The summed E-state index contributed by atoms with van der Waals surface area (Å²) in [4.78, 5) is 4.26. The van der Waals surface area contributed by atoms with E-state index in [1.807, 2.05) is 0 Å². The zero-order valence-electron chi connectivity index (χ0n) is 12.7. The summed E-state index contributed by atoms with van der Waals surface area (Å²) in [6.45, 7) is -1.34. The molecule has 9 heteroatoms. The maximum absolute atomic E-state index is 12.5. The molecule has 1 aromatic carbocycles. The van der Waals surface area contributed by atoms with E-state index in [2.05, 4.69) is 19.9 Å². The number of aromatic amines is 1. The Hall–Kier alpha value is -2.55. The van der Waals surface area contributed by atoms with E-state index in [1.165, 1.54) is 18.5 Å². The SMILES string of the molecule is Cc1cc(-c2cncc3[nH]nc(OC(F)F)c23)ccc1S(C)(=O)=O. The number of ether oxygens (including phenoxy) is 1. The number of halogens is 2. The van der Waals surface area contributed by atoms with Gasteiger partial charge in [-0.05, 0) is 24.1 Å². The average molecular weight is 353 g/mol. The molecule has 0 aliphatic heterocycles. The summed E-state index contributed by atoms with van der Waals surface area (Å²) < 4.78 is 53.0. The fourth-order valence-electron chi connectivity index (χ4n) is 2.56. The number of aryl methyl sites for hydroxylation is 1. The molecular formula is C15H13F2N3O3S. The van der Waals surface area contributed by atoms with E-state index in [1.54, 1.807) is 19.1 Å². The summed E-state index contributed by atoms with van der Waals surface area (Å²) in [6, 6.07) is 4.73. The van der Waals surface area contributed by atoms with Crippen LogP contribution >= 0.6 is 0 Å². The second-order valence-electron chi connectivity index (χ2n) is 5.27. The van der Waals surface area contributed by atoms with Crippen molar-refractivity contribution in [3.63, 3.8) is 0 Å². The highest BCUT2D eigenvalue weighted by Crippen LogP contribution is 2.34. The number of rotatable bonds is 4. The van der Waals surface area contributed by atoms with Crippen LogP contribution in [-0.4, -0.2) is 36.5 Å². The van der Waals surface area contributed by atoms with E-state index in [0.29, 0.717) is 27.6 Å². The second-order valence-corrected chi connectivity index (χ2v) is 7.25. The van der Waals surface area contributed by atoms with Gasteiger partial charge in [0.15, 0.2) is 9.84 Å². The van der Waals surface area contributed by atoms with Crippen LogP contribution < -0.4 is 4.74 Å². The quantitative estimate of drug-likeness (QED) is 0.779. The van der Waals surface area contributed by atoms with Crippen LogP contribution in [0.4, 0.5) is 8.78 Å². The molecule has 126 valence electrons. The zero-order valence-corrected chi connectivity index (χ0v) is 13.6. The van der Waals surface area contributed by atoms with Crippen molar-refractivity contribution in [2.24, 2.45) is 0 Å². The van der Waals surface area contributed by atoms with E-state index >= 15 is 0 Å². The molecule has 24 heavy (non-hydrogen) atoms. The molecule has 1 N–H and O–H groups in total. The summed E-state index contributed by atoms with van der Waals surface area (Å²) in [5.41, 5.74) is 2.12. The Bertz CT molecular complexity index is 1020. The summed E-state index contributed by atoms with van der Waals surface area (Å²) in [5, 5.41) is 6.68. The van der Waals surface area contributed by atoms with Gasteiger partial charge in [-0.2, -0.15) is 8.78 Å². The average Bonchev–Trinajstić information content (AvgIpc) is 2.88. The number of fused-ring (bicyclic) bond motifs is 1. The number of hydrogen-bond acceptors (Lipinski definition) is 5. The van der Waals surface area contributed by atoms with Crippen LogP contribution in [0.1, 0.15) is 5.56 Å². The van der Waals surface area contributed by atoms with Gasteiger partial charge in [0.05, 0.1) is 22.0 Å². The highest BCUT2D eigenvalue weighted by molar-refractivity contribution is 7.90. The van der Waals surface area contributed by atoms with Crippen molar-refractivity contribution in [1.29, 1.82) is 0 Å². The molecule has 6 nitrogen and oxygen atoms in total. The smallest absolute Gasteiger partial charge is 0.388 e. The number of nitrogens with zero attached hydrogens (tertiary/aromatic N) is 2. The van der Waals surface area contributed by atoms with E-state index in [0.717, 1.165) is 6.26 Å². The standard InChI is InChI=1S/C15H13F2N3O3S/c1-8-5-9(3-4-12(8)24(2,21)22)10-6-18-7-11-13(10)14(20-19-11)23-15(16)17/h3-7,15H,1-2H3,(H,19,20). The van der Waals surface area contributed by atoms with Gasteiger partial charge in [0.2, 0.25) is 5.88 Å². The van der Waals surface area contributed by atoms with Crippen LogP contribution in [0.15, 0.2) is 35.5 Å². The Labute approximate surface area is 136 Å². The molecule has 0 aliphatic carbocycles. The third-order valence-corrected chi connectivity index (χ3v) is 4.78. The molecule has 0 unspecified atom stereocenters. The molecule has 3 aromatic rings. The van der Waals surface area contributed by atoms with E-state index in [4.69, 9.17) is 0 Å². The lowest BCUT2D eigenvalue weighted by Crippen LogP contribution is -2.03. The molecular weight excluding hydrogens is 340 g/mol. The molecule has 0 amide bonds. The summed E-state index contributed by atoms with van der Waals surface area (Å²) in [6.07, 6.45) is 4.06. The van der Waals surface area contributed by atoms with Gasteiger partial charge in [0.25, 0.3) is 0 Å².